The lowest BCUT2D eigenvalue weighted by Crippen LogP contribution is -2.39. The third-order valence-corrected chi connectivity index (χ3v) is 6.56. The molecular formula is C21H24FN4O3PS. The van der Waals surface area contributed by atoms with Crippen molar-refractivity contribution in [3.63, 3.8) is 0 Å². The first-order valence-corrected chi connectivity index (χ1v) is 11.6. The second-order valence-electron chi connectivity index (χ2n) is 7.44. The van der Waals surface area contributed by atoms with E-state index in [2.05, 4.69) is 24.4 Å². The van der Waals surface area contributed by atoms with Crippen molar-refractivity contribution in [2.75, 3.05) is 26.2 Å². The molecule has 10 heteroatoms. The van der Waals surface area contributed by atoms with Crippen LogP contribution in [0.3, 0.4) is 0 Å². The van der Waals surface area contributed by atoms with Crippen molar-refractivity contribution in [2.24, 2.45) is 4.99 Å². The number of aromatic hydroxyl groups is 1. The number of hydrogen-bond acceptors (Lipinski definition) is 8. The smallest absolute Gasteiger partial charge is 0.338 e. The van der Waals surface area contributed by atoms with Crippen LogP contribution in [-0.4, -0.2) is 58.7 Å². The molecule has 0 bridgehead atoms. The van der Waals surface area contributed by atoms with Gasteiger partial charge >= 0.3 is 5.97 Å². The lowest BCUT2D eigenvalue weighted by Gasteiger charge is -2.29. The van der Waals surface area contributed by atoms with E-state index in [0.717, 1.165) is 25.6 Å². The van der Waals surface area contributed by atoms with Gasteiger partial charge in [0.05, 0.1) is 12.2 Å². The van der Waals surface area contributed by atoms with Gasteiger partial charge in [0.15, 0.2) is 10.8 Å². The average Bonchev–Trinajstić information content (AvgIpc) is 3.40. The summed E-state index contributed by atoms with van der Waals surface area (Å²) in [6, 6.07) is 2.88. The standard InChI is InChI=1S/C21H24FN4O3PS/c1-2-29-21(28)17-15(11-26-7-5-13(30)10-26)24-19(20-23-6-8-31-20)25-18(17)14-4-3-12(22)9-16(14)27/h3-4,6,8-9,13,18,27H,2,5,7,10-11,30H2,1H3,(H,24,25)/t13?,18-/m0/s1. The minimum Gasteiger partial charge on any atom is -0.507 e. The number of carbonyl (C=O) groups is 1. The highest BCUT2D eigenvalue weighted by Crippen LogP contribution is 2.37. The third kappa shape index (κ3) is 4.79. The molecule has 7 nitrogen and oxygen atoms in total. The van der Waals surface area contributed by atoms with Gasteiger partial charge in [0.25, 0.3) is 0 Å². The van der Waals surface area contributed by atoms with Crippen LogP contribution in [-0.2, 0) is 9.53 Å². The zero-order chi connectivity index (χ0) is 22.0. The van der Waals surface area contributed by atoms with E-state index in [0.29, 0.717) is 39.9 Å². The number of thiazole rings is 1. The number of amidine groups is 1. The highest BCUT2D eigenvalue weighted by molar-refractivity contribution is 7.17. The minimum absolute atomic E-state index is 0.207. The summed E-state index contributed by atoms with van der Waals surface area (Å²) in [6.07, 6.45) is 2.74. The first kappa shape index (κ1) is 21.9. The van der Waals surface area contributed by atoms with Gasteiger partial charge in [0, 0.05) is 42.0 Å². The molecule has 4 rings (SSSR count). The van der Waals surface area contributed by atoms with Crippen LogP contribution in [0, 0.1) is 5.82 Å². The van der Waals surface area contributed by atoms with Crippen LogP contribution < -0.4 is 5.32 Å². The summed E-state index contributed by atoms with van der Waals surface area (Å²) in [7, 11) is 2.85. The molecule has 1 aromatic carbocycles. The van der Waals surface area contributed by atoms with Gasteiger partial charge in [0.1, 0.15) is 17.6 Å². The summed E-state index contributed by atoms with van der Waals surface area (Å²) in [5.74, 6) is -0.832. The fourth-order valence-corrected chi connectivity index (χ4v) is 4.86. The number of nitrogens with zero attached hydrogens (tertiary/aromatic N) is 3. The van der Waals surface area contributed by atoms with E-state index < -0.39 is 17.8 Å². The molecule has 3 atom stereocenters. The largest absolute Gasteiger partial charge is 0.507 e. The monoisotopic (exact) mass is 462 g/mol. The fourth-order valence-electron chi connectivity index (χ4n) is 3.82. The van der Waals surface area contributed by atoms with E-state index in [1.54, 1.807) is 13.1 Å². The Bertz CT molecular complexity index is 1030. The molecule has 0 aliphatic carbocycles. The van der Waals surface area contributed by atoms with E-state index in [9.17, 15) is 14.3 Å². The quantitative estimate of drug-likeness (QED) is 0.507. The van der Waals surface area contributed by atoms with Gasteiger partial charge in [-0.1, -0.05) is 0 Å². The maximum Gasteiger partial charge on any atom is 0.338 e. The van der Waals surface area contributed by atoms with Crippen molar-refractivity contribution in [3.8, 4) is 5.75 Å². The second-order valence-corrected chi connectivity index (χ2v) is 9.28. The maximum absolute atomic E-state index is 13.6. The average molecular weight is 462 g/mol. The number of nitrogens with one attached hydrogen (secondary N) is 1. The predicted octanol–water partition coefficient (Wildman–Crippen LogP) is 2.85. The fraction of sp³-hybridized carbons (Fsp3) is 0.381. The van der Waals surface area contributed by atoms with E-state index >= 15 is 0 Å². The molecule has 0 radical (unpaired) electrons. The molecular weight excluding hydrogens is 438 g/mol. The molecule has 2 aliphatic heterocycles. The maximum atomic E-state index is 13.6. The zero-order valence-electron chi connectivity index (χ0n) is 17.0. The Morgan fingerprint density at radius 3 is 2.97 bits per heavy atom. The molecule has 0 saturated carbocycles. The molecule has 2 aromatic rings. The van der Waals surface area contributed by atoms with Gasteiger partial charge in [-0.2, -0.15) is 0 Å². The van der Waals surface area contributed by atoms with Gasteiger partial charge in [-0.05, 0) is 37.7 Å². The Hall–Kier alpha value is -2.35. The normalized spacial score (nSPS) is 21.7. The van der Waals surface area contributed by atoms with Crippen molar-refractivity contribution < 1.29 is 19.0 Å². The van der Waals surface area contributed by atoms with Crippen molar-refractivity contribution in [1.82, 2.24) is 15.2 Å². The number of hydrogen-bond donors (Lipinski definition) is 2. The highest BCUT2D eigenvalue weighted by Gasteiger charge is 2.35. The number of benzene rings is 1. The predicted molar refractivity (Wildman–Crippen MR) is 121 cm³/mol. The molecule has 0 spiro atoms. The van der Waals surface area contributed by atoms with Gasteiger partial charge in [-0.3, -0.25) is 9.89 Å². The topological polar surface area (TPSA) is 87.0 Å². The molecule has 2 unspecified atom stereocenters. The summed E-state index contributed by atoms with van der Waals surface area (Å²) in [5, 5.41) is 16.3. The van der Waals surface area contributed by atoms with Crippen molar-refractivity contribution in [2.45, 2.75) is 25.0 Å². The van der Waals surface area contributed by atoms with Crippen molar-refractivity contribution in [1.29, 1.82) is 0 Å². The number of esters is 1. The first-order valence-electron chi connectivity index (χ1n) is 10.1. The van der Waals surface area contributed by atoms with E-state index in [4.69, 9.17) is 9.73 Å². The van der Waals surface area contributed by atoms with Crippen LogP contribution in [0.15, 0.2) is 46.0 Å². The number of halogens is 1. The molecule has 1 saturated heterocycles. The van der Waals surface area contributed by atoms with Gasteiger partial charge < -0.3 is 15.2 Å². The Kier molecular flexibility index (Phi) is 6.65. The van der Waals surface area contributed by atoms with Crippen LogP contribution in [0.25, 0.3) is 0 Å². The molecule has 1 aromatic heterocycles. The van der Waals surface area contributed by atoms with Crippen LogP contribution in [0.1, 0.15) is 30.0 Å². The summed E-state index contributed by atoms with van der Waals surface area (Å²) < 4.78 is 19.0. The van der Waals surface area contributed by atoms with Gasteiger partial charge in [-0.25, -0.2) is 14.2 Å². The van der Waals surface area contributed by atoms with Gasteiger partial charge in [0.2, 0.25) is 0 Å². The molecule has 2 N–H and O–H groups in total. The highest BCUT2D eigenvalue weighted by atomic mass is 32.1. The van der Waals surface area contributed by atoms with Gasteiger partial charge in [-0.15, -0.1) is 20.6 Å². The number of phenolic OH excluding ortho intramolecular Hbond substituents is 1. The minimum atomic E-state index is -0.843. The van der Waals surface area contributed by atoms with Crippen LogP contribution >= 0.6 is 20.6 Å². The number of aliphatic imine (C=N–C) groups is 1. The Labute approximate surface area is 186 Å². The lowest BCUT2D eigenvalue weighted by molar-refractivity contribution is -0.139. The Morgan fingerprint density at radius 1 is 1.48 bits per heavy atom. The van der Waals surface area contributed by atoms with Crippen LogP contribution in [0.2, 0.25) is 0 Å². The second kappa shape index (κ2) is 9.42. The molecule has 0 amide bonds. The van der Waals surface area contributed by atoms with Crippen LogP contribution in [0.4, 0.5) is 4.39 Å². The number of phenols is 1. The summed E-state index contributed by atoms with van der Waals surface area (Å²) in [4.78, 5) is 24.3. The molecule has 1 fully saturated rings. The van der Waals surface area contributed by atoms with E-state index in [1.165, 1.54) is 23.5 Å². The number of ether oxygens (including phenoxy) is 1. The molecule has 31 heavy (non-hydrogen) atoms. The molecule has 164 valence electrons. The zero-order valence-corrected chi connectivity index (χ0v) is 19.0. The number of carbonyl (C=O) groups excluding carboxylic acids is 1. The first-order chi connectivity index (χ1) is 15.0. The number of likely N-dealkylation sites (tertiary alicyclic amines) is 1. The number of aromatic nitrogens is 1. The molecule has 3 heterocycles. The summed E-state index contributed by atoms with van der Waals surface area (Å²) >= 11 is 1.42. The lowest BCUT2D eigenvalue weighted by atomic mass is 9.94. The van der Waals surface area contributed by atoms with Crippen molar-refractivity contribution >= 4 is 32.4 Å². The Balaban J connectivity index is 1.81. The third-order valence-electron chi connectivity index (χ3n) is 5.23. The Morgan fingerprint density at radius 2 is 2.32 bits per heavy atom. The number of rotatable bonds is 6. The van der Waals surface area contributed by atoms with E-state index in [1.807, 2.05) is 5.38 Å². The summed E-state index contributed by atoms with van der Waals surface area (Å²) in [6.45, 7) is 4.25. The summed E-state index contributed by atoms with van der Waals surface area (Å²) in [5.41, 5.74) is 1.81. The van der Waals surface area contributed by atoms with Crippen LogP contribution in [0.5, 0.6) is 5.75 Å². The molecule has 2 aliphatic rings. The van der Waals surface area contributed by atoms with Crippen molar-refractivity contribution in [3.05, 3.63) is 57.4 Å². The van der Waals surface area contributed by atoms with E-state index in [-0.39, 0.29) is 12.4 Å². The SMILES string of the molecule is CCOC(=O)C1=C(CN2CCC(P)C2)NC(c2nccs2)=N[C@H]1c1ccc(F)cc1O.